The van der Waals surface area contributed by atoms with Gasteiger partial charge in [0.2, 0.25) is 5.91 Å². The van der Waals surface area contributed by atoms with Gasteiger partial charge in [-0.3, -0.25) is 4.79 Å². The first kappa shape index (κ1) is 16.0. The molecule has 2 rings (SSSR count). The number of hydrogen-bond acceptors (Lipinski definition) is 5. The first-order chi connectivity index (χ1) is 10.0. The van der Waals surface area contributed by atoms with Crippen molar-refractivity contribution < 1.29 is 4.79 Å². The number of rotatable bonds is 4. The molecule has 1 aromatic heterocycles. The van der Waals surface area contributed by atoms with Crippen LogP contribution in [0.2, 0.25) is 5.15 Å². The summed E-state index contributed by atoms with van der Waals surface area (Å²) in [7, 11) is 0. The fraction of sp³-hybridized carbons (Fsp3) is 0.643. The smallest absolute Gasteiger partial charge is 0.236 e. The maximum absolute atomic E-state index is 11.5. The van der Waals surface area contributed by atoms with Crippen molar-refractivity contribution in [2.24, 2.45) is 11.7 Å². The van der Waals surface area contributed by atoms with Crippen LogP contribution in [0.25, 0.3) is 0 Å². The number of nitrogen functional groups attached to an aromatic ring is 1. The van der Waals surface area contributed by atoms with Crippen LogP contribution in [0.4, 0.5) is 5.82 Å². The number of likely N-dealkylation sites (tertiary alicyclic amines) is 1. The number of halogens is 1. The monoisotopic (exact) mass is 311 g/mol. The minimum Gasteiger partial charge on any atom is -0.383 e. The van der Waals surface area contributed by atoms with Crippen LogP contribution in [0.3, 0.4) is 0 Å². The summed E-state index contributed by atoms with van der Waals surface area (Å²) in [5, 5.41) is 0.454. The fourth-order valence-electron chi connectivity index (χ4n) is 2.76. The molecule has 0 unspecified atom stereocenters. The van der Waals surface area contributed by atoms with E-state index in [1.54, 1.807) is 6.92 Å². The van der Waals surface area contributed by atoms with E-state index in [0.717, 1.165) is 44.3 Å². The molecule has 0 aromatic carbocycles. The molecule has 2 heterocycles. The van der Waals surface area contributed by atoms with Crippen LogP contribution in [0.15, 0.2) is 0 Å². The van der Waals surface area contributed by atoms with Crippen LogP contribution >= 0.6 is 11.6 Å². The molecule has 1 amide bonds. The van der Waals surface area contributed by atoms with Crippen molar-refractivity contribution >= 4 is 23.3 Å². The Morgan fingerprint density at radius 1 is 1.38 bits per heavy atom. The van der Waals surface area contributed by atoms with Gasteiger partial charge < -0.3 is 16.4 Å². The van der Waals surface area contributed by atoms with Gasteiger partial charge in [-0.25, -0.2) is 9.97 Å². The van der Waals surface area contributed by atoms with E-state index in [1.807, 2.05) is 4.90 Å². The highest BCUT2D eigenvalue weighted by atomic mass is 35.5. The van der Waals surface area contributed by atoms with Crippen molar-refractivity contribution in [3.8, 4) is 0 Å². The molecule has 0 bridgehead atoms. The van der Waals surface area contributed by atoms with E-state index in [0.29, 0.717) is 22.7 Å². The van der Waals surface area contributed by atoms with Gasteiger partial charge in [0, 0.05) is 18.7 Å². The molecule has 0 aliphatic carbocycles. The predicted octanol–water partition coefficient (Wildman–Crippen LogP) is 1.15. The van der Waals surface area contributed by atoms with Gasteiger partial charge in [0.25, 0.3) is 0 Å². The third-order valence-electron chi connectivity index (χ3n) is 4.04. The molecule has 21 heavy (non-hydrogen) atoms. The quantitative estimate of drug-likeness (QED) is 0.813. The second-order valence-corrected chi connectivity index (χ2v) is 5.85. The summed E-state index contributed by atoms with van der Waals surface area (Å²) in [6, 6.07) is 0. The second kappa shape index (κ2) is 7.04. The molecular formula is C14H22ClN5O. The van der Waals surface area contributed by atoms with Crippen LogP contribution in [0.1, 0.15) is 30.7 Å². The Kier molecular flexibility index (Phi) is 5.36. The van der Waals surface area contributed by atoms with E-state index in [-0.39, 0.29) is 12.5 Å². The van der Waals surface area contributed by atoms with Crippen LogP contribution in [0, 0.1) is 12.8 Å². The van der Waals surface area contributed by atoms with E-state index < -0.39 is 0 Å². The average Bonchev–Trinajstić information content (AvgIpc) is 2.46. The first-order valence-corrected chi connectivity index (χ1v) is 7.65. The lowest BCUT2D eigenvalue weighted by Gasteiger charge is -2.31. The second-order valence-electron chi connectivity index (χ2n) is 5.49. The number of piperidine rings is 1. The zero-order valence-electron chi connectivity index (χ0n) is 12.3. The summed E-state index contributed by atoms with van der Waals surface area (Å²) in [5.41, 5.74) is 12.1. The largest absolute Gasteiger partial charge is 0.383 e. The van der Waals surface area contributed by atoms with Crippen molar-refractivity contribution in [3.05, 3.63) is 16.5 Å². The number of aromatic nitrogens is 2. The molecule has 1 aromatic rings. The van der Waals surface area contributed by atoms with Crippen molar-refractivity contribution in [1.82, 2.24) is 14.9 Å². The standard InChI is InChI=1S/C14H22ClN5O/c1-9-18-13(15)11(14(17)19-9)3-2-10-4-6-20(7-5-10)12(21)8-16/h10H,2-8,16H2,1H3,(H2,17,18,19). The Balaban J connectivity index is 1.87. The summed E-state index contributed by atoms with van der Waals surface area (Å²) in [5.74, 6) is 1.68. The number of carbonyl (C=O) groups is 1. The Hall–Kier alpha value is -1.40. The van der Waals surface area contributed by atoms with Gasteiger partial charge in [0.15, 0.2) is 0 Å². The van der Waals surface area contributed by atoms with Gasteiger partial charge in [-0.15, -0.1) is 0 Å². The van der Waals surface area contributed by atoms with E-state index in [9.17, 15) is 4.79 Å². The first-order valence-electron chi connectivity index (χ1n) is 7.27. The summed E-state index contributed by atoms with van der Waals surface area (Å²) in [6.45, 7) is 3.44. The molecule has 0 saturated carbocycles. The van der Waals surface area contributed by atoms with Crippen LogP contribution in [0.5, 0.6) is 0 Å². The highest BCUT2D eigenvalue weighted by molar-refractivity contribution is 6.30. The third kappa shape index (κ3) is 4.04. The van der Waals surface area contributed by atoms with E-state index in [1.165, 1.54) is 0 Å². The Morgan fingerprint density at radius 2 is 2.05 bits per heavy atom. The molecule has 7 heteroatoms. The summed E-state index contributed by atoms with van der Waals surface area (Å²) >= 11 is 6.14. The summed E-state index contributed by atoms with van der Waals surface area (Å²) < 4.78 is 0. The predicted molar refractivity (Wildman–Crippen MR) is 82.9 cm³/mol. The number of nitrogens with two attached hydrogens (primary N) is 2. The van der Waals surface area contributed by atoms with Gasteiger partial charge in [0.1, 0.15) is 16.8 Å². The van der Waals surface area contributed by atoms with Crippen molar-refractivity contribution in [3.63, 3.8) is 0 Å². The van der Waals surface area contributed by atoms with Gasteiger partial charge in [-0.1, -0.05) is 11.6 Å². The molecule has 1 aliphatic heterocycles. The number of anilines is 1. The lowest BCUT2D eigenvalue weighted by Crippen LogP contribution is -2.41. The van der Waals surface area contributed by atoms with Crippen LogP contribution in [-0.2, 0) is 11.2 Å². The zero-order chi connectivity index (χ0) is 15.4. The molecule has 0 radical (unpaired) electrons. The average molecular weight is 312 g/mol. The molecule has 0 atom stereocenters. The van der Waals surface area contributed by atoms with Crippen molar-refractivity contribution in [1.29, 1.82) is 0 Å². The lowest BCUT2D eigenvalue weighted by molar-refractivity contribution is -0.131. The number of nitrogens with zero attached hydrogens (tertiary/aromatic N) is 3. The van der Waals surface area contributed by atoms with Crippen molar-refractivity contribution in [2.45, 2.75) is 32.6 Å². The van der Waals surface area contributed by atoms with E-state index in [4.69, 9.17) is 23.1 Å². The minimum absolute atomic E-state index is 0.0349. The molecule has 6 nitrogen and oxygen atoms in total. The zero-order valence-corrected chi connectivity index (χ0v) is 13.1. The Labute approximate surface area is 129 Å². The van der Waals surface area contributed by atoms with Gasteiger partial charge in [-0.2, -0.15) is 0 Å². The molecule has 1 aliphatic rings. The summed E-state index contributed by atoms with van der Waals surface area (Å²) in [6.07, 6.45) is 3.76. The van der Waals surface area contributed by atoms with Gasteiger partial charge in [-0.05, 0) is 38.5 Å². The maximum Gasteiger partial charge on any atom is 0.236 e. The Morgan fingerprint density at radius 3 is 2.62 bits per heavy atom. The fourth-order valence-corrected chi connectivity index (χ4v) is 3.08. The number of amides is 1. The highest BCUT2D eigenvalue weighted by Crippen LogP contribution is 2.26. The van der Waals surface area contributed by atoms with Gasteiger partial charge >= 0.3 is 0 Å². The highest BCUT2D eigenvalue weighted by Gasteiger charge is 2.22. The molecule has 116 valence electrons. The molecule has 1 fully saturated rings. The molecule has 4 N–H and O–H groups in total. The van der Waals surface area contributed by atoms with Crippen LogP contribution < -0.4 is 11.5 Å². The number of aryl methyl sites for hydroxylation is 1. The normalized spacial score (nSPS) is 16.2. The third-order valence-corrected chi connectivity index (χ3v) is 4.36. The van der Waals surface area contributed by atoms with Gasteiger partial charge in [0.05, 0.1) is 6.54 Å². The minimum atomic E-state index is 0.0349. The van der Waals surface area contributed by atoms with Crippen molar-refractivity contribution in [2.75, 3.05) is 25.4 Å². The Bertz CT molecular complexity index is 491. The summed E-state index contributed by atoms with van der Waals surface area (Å²) in [4.78, 5) is 21.7. The number of hydrogen-bond donors (Lipinski definition) is 2. The molecule has 0 spiro atoms. The van der Waals surface area contributed by atoms with E-state index >= 15 is 0 Å². The number of carbonyl (C=O) groups excluding carboxylic acids is 1. The molecule has 1 saturated heterocycles. The lowest BCUT2D eigenvalue weighted by atomic mass is 9.91. The van der Waals surface area contributed by atoms with Crippen LogP contribution in [-0.4, -0.2) is 40.4 Å². The molecular weight excluding hydrogens is 290 g/mol. The SMILES string of the molecule is Cc1nc(N)c(CCC2CCN(C(=O)CN)CC2)c(Cl)n1. The maximum atomic E-state index is 11.5. The van der Waals surface area contributed by atoms with E-state index in [2.05, 4.69) is 9.97 Å². The topological polar surface area (TPSA) is 98.1 Å².